The zero-order valence-corrected chi connectivity index (χ0v) is 11.5. The molecule has 19 heavy (non-hydrogen) atoms. The summed E-state index contributed by atoms with van der Waals surface area (Å²) in [4.78, 5) is 22.9. The molecule has 0 spiro atoms. The number of hydrogen-bond donors (Lipinski definition) is 0. The lowest BCUT2D eigenvalue weighted by Gasteiger charge is -1.98. The number of benzene rings is 2. The van der Waals surface area contributed by atoms with Gasteiger partial charge in [0.1, 0.15) is 0 Å². The van der Waals surface area contributed by atoms with Crippen molar-refractivity contribution in [3.63, 3.8) is 0 Å². The Labute approximate surface area is 114 Å². The molecule has 0 saturated heterocycles. The molecular formula is C16H12O2S. The van der Waals surface area contributed by atoms with Crippen molar-refractivity contribution < 1.29 is 9.59 Å². The minimum Gasteiger partial charge on any atom is -0.295 e. The van der Waals surface area contributed by atoms with Gasteiger partial charge in [-0.3, -0.25) is 9.59 Å². The summed E-state index contributed by atoms with van der Waals surface area (Å²) in [5.74, 6) is 0.118. The molecule has 1 heterocycles. The Hall–Kier alpha value is -2.00. The van der Waals surface area contributed by atoms with Crippen LogP contribution in [0.5, 0.6) is 0 Å². The Morgan fingerprint density at radius 3 is 1.58 bits per heavy atom. The van der Waals surface area contributed by atoms with Crippen molar-refractivity contribution in [2.45, 2.75) is 13.8 Å². The van der Waals surface area contributed by atoms with Crippen LogP contribution in [-0.4, -0.2) is 11.6 Å². The zero-order chi connectivity index (χ0) is 13.6. The second kappa shape index (κ2) is 4.28. The van der Waals surface area contributed by atoms with Crippen LogP contribution in [-0.2, 0) is 0 Å². The van der Waals surface area contributed by atoms with E-state index >= 15 is 0 Å². The van der Waals surface area contributed by atoms with E-state index < -0.39 is 0 Å². The average molecular weight is 268 g/mol. The SMILES string of the molecule is CC(=O)c1ccc2sc3ccc(C(C)=O)cc3c2c1. The highest BCUT2D eigenvalue weighted by Gasteiger charge is 2.09. The fourth-order valence-electron chi connectivity index (χ4n) is 2.22. The number of rotatable bonds is 2. The van der Waals surface area contributed by atoms with Crippen molar-refractivity contribution in [2.75, 3.05) is 0 Å². The Balaban J connectivity index is 2.37. The van der Waals surface area contributed by atoms with Crippen molar-refractivity contribution in [2.24, 2.45) is 0 Å². The van der Waals surface area contributed by atoms with Crippen molar-refractivity contribution in [3.8, 4) is 0 Å². The third-order valence-electron chi connectivity index (χ3n) is 3.28. The van der Waals surface area contributed by atoms with Gasteiger partial charge < -0.3 is 0 Å². The van der Waals surface area contributed by atoms with Gasteiger partial charge in [0.2, 0.25) is 0 Å². The smallest absolute Gasteiger partial charge is 0.159 e. The molecule has 0 aliphatic rings. The second-order valence-corrected chi connectivity index (χ2v) is 5.72. The third-order valence-corrected chi connectivity index (χ3v) is 4.43. The molecule has 0 amide bonds. The molecule has 0 radical (unpaired) electrons. The van der Waals surface area contributed by atoms with E-state index in [1.165, 1.54) is 0 Å². The number of ketones is 2. The summed E-state index contributed by atoms with van der Waals surface area (Å²) < 4.78 is 2.28. The highest BCUT2D eigenvalue weighted by molar-refractivity contribution is 7.25. The van der Waals surface area contributed by atoms with Gasteiger partial charge in [-0.2, -0.15) is 0 Å². The van der Waals surface area contributed by atoms with Crippen molar-refractivity contribution >= 4 is 43.1 Å². The summed E-state index contributed by atoms with van der Waals surface area (Å²) in [6.07, 6.45) is 0. The fourth-order valence-corrected chi connectivity index (χ4v) is 3.28. The maximum absolute atomic E-state index is 11.5. The molecule has 0 fully saturated rings. The van der Waals surface area contributed by atoms with Crippen LogP contribution in [0.3, 0.4) is 0 Å². The van der Waals surface area contributed by atoms with Crippen LogP contribution in [0.1, 0.15) is 34.6 Å². The summed E-state index contributed by atoms with van der Waals surface area (Å²) in [7, 11) is 0. The first-order chi connectivity index (χ1) is 9.06. The third kappa shape index (κ3) is 1.96. The van der Waals surface area contributed by atoms with Gasteiger partial charge in [0.15, 0.2) is 11.6 Å². The molecule has 2 aromatic carbocycles. The van der Waals surface area contributed by atoms with Crippen LogP contribution >= 0.6 is 11.3 Å². The predicted octanol–water partition coefficient (Wildman–Crippen LogP) is 4.46. The summed E-state index contributed by atoms with van der Waals surface area (Å²) in [6, 6.07) is 11.5. The number of fused-ring (bicyclic) bond motifs is 3. The molecule has 3 aromatic rings. The van der Waals surface area contributed by atoms with E-state index in [0.29, 0.717) is 11.1 Å². The van der Waals surface area contributed by atoms with E-state index in [1.807, 2.05) is 36.4 Å². The van der Waals surface area contributed by atoms with E-state index in [4.69, 9.17) is 0 Å². The molecule has 1 aromatic heterocycles. The van der Waals surface area contributed by atoms with E-state index in [-0.39, 0.29) is 11.6 Å². The highest BCUT2D eigenvalue weighted by atomic mass is 32.1. The van der Waals surface area contributed by atoms with Gasteiger partial charge >= 0.3 is 0 Å². The molecule has 2 nitrogen and oxygen atoms in total. The lowest BCUT2D eigenvalue weighted by Crippen LogP contribution is -1.91. The first-order valence-corrected chi connectivity index (χ1v) is 6.86. The van der Waals surface area contributed by atoms with Gasteiger partial charge in [0, 0.05) is 31.3 Å². The maximum Gasteiger partial charge on any atom is 0.159 e. The molecule has 94 valence electrons. The van der Waals surface area contributed by atoms with Gasteiger partial charge in [0.25, 0.3) is 0 Å². The summed E-state index contributed by atoms with van der Waals surface area (Å²) >= 11 is 1.68. The quantitative estimate of drug-likeness (QED) is 0.643. The molecule has 0 bridgehead atoms. The Bertz CT molecular complexity index is 759. The molecule has 3 rings (SSSR count). The number of carbonyl (C=O) groups is 2. The van der Waals surface area contributed by atoms with Crippen LogP contribution in [0.15, 0.2) is 36.4 Å². The number of carbonyl (C=O) groups excluding carboxylic acids is 2. The molecule has 0 N–H and O–H groups in total. The Kier molecular flexibility index (Phi) is 2.72. The fraction of sp³-hybridized carbons (Fsp3) is 0.125. The van der Waals surface area contributed by atoms with Crippen LogP contribution < -0.4 is 0 Å². The molecule has 0 aliphatic heterocycles. The van der Waals surface area contributed by atoms with Gasteiger partial charge in [0.05, 0.1) is 0 Å². The number of Topliss-reactive ketones (excluding diaryl/α,β-unsaturated/α-hetero) is 2. The summed E-state index contributed by atoms with van der Waals surface area (Å²) in [6.45, 7) is 3.13. The number of thiophene rings is 1. The van der Waals surface area contributed by atoms with Crippen LogP contribution in [0.25, 0.3) is 20.2 Å². The maximum atomic E-state index is 11.5. The van der Waals surface area contributed by atoms with Crippen LogP contribution in [0.2, 0.25) is 0 Å². The monoisotopic (exact) mass is 268 g/mol. The lowest BCUT2D eigenvalue weighted by molar-refractivity contribution is 0.100. The van der Waals surface area contributed by atoms with E-state index in [2.05, 4.69) is 0 Å². The molecule has 0 atom stereocenters. The van der Waals surface area contributed by atoms with E-state index in [9.17, 15) is 9.59 Å². The molecular weight excluding hydrogens is 256 g/mol. The first kappa shape index (κ1) is 12.1. The van der Waals surface area contributed by atoms with Crippen molar-refractivity contribution in [3.05, 3.63) is 47.5 Å². The minimum atomic E-state index is 0.0592. The van der Waals surface area contributed by atoms with Crippen molar-refractivity contribution in [1.29, 1.82) is 0 Å². The summed E-state index contributed by atoms with van der Waals surface area (Å²) in [5.41, 5.74) is 1.42. The second-order valence-electron chi connectivity index (χ2n) is 4.64. The average Bonchev–Trinajstić information content (AvgIpc) is 2.75. The molecule has 0 aliphatic carbocycles. The normalized spacial score (nSPS) is 11.1. The number of hydrogen-bond acceptors (Lipinski definition) is 3. The standard InChI is InChI=1S/C16H12O2S/c1-9(17)11-3-5-15-13(7-11)14-8-12(10(2)18)4-6-16(14)19-15/h3-8H,1-2H3. The van der Waals surface area contributed by atoms with Crippen molar-refractivity contribution in [1.82, 2.24) is 0 Å². The van der Waals surface area contributed by atoms with Gasteiger partial charge in [-0.05, 0) is 50.2 Å². The van der Waals surface area contributed by atoms with Gasteiger partial charge in [-0.15, -0.1) is 11.3 Å². The predicted molar refractivity (Wildman–Crippen MR) is 79.3 cm³/mol. The van der Waals surface area contributed by atoms with Gasteiger partial charge in [-0.25, -0.2) is 0 Å². The van der Waals surface area contributed by atoms with Crippen LogP contribution in [0, 0.1) is 0 Å². The minimum absolute atomic E-state index is 0.0592. The topological polar surface area (TPSA) is 34.1 Å². The first-order valence-electron chi connectivity index (χ1n) is 6.04. The zero-order valence-electron chi connectivity index (χ0n) is 10.7. The van der Waals surface area contributed by atoms with Gasteiger partial charge in [-0.1, -0.05) is 0 Å². The molecule has 0 saturated carbocycles. The Morgan fingerprint density at radius 1 is 0.789 bits per heavy atom. The molecule has 3 heteroatoms. The van der Waals surface area contributed by atoms with E-state index in [1.54, 1.807) is 25.2 Å². The Morgan fingerprint density at radius 2 is 1.21 bits per heavy atom. The summed E-state index contributed by atoms with van der Waals surface area (Å²) in [5, 5.41) is 2.10. The van der Waals surface area contributed by atoms with Crippen LogP contribution in [0.4, 0.5) is 0 Å². The van der Waals surface area contributed by atoms with E-state index in [0.717, 1.165) is 20.2 Å². The lowest BCUT2D eigenvalue weighted by atomic mass is 10.0. The molecule has 0 unspecified atom stereocenters. The largest absolute Gasteiger partial charge is 0.295 e. The highest BCUT2D eigenvalue weighted by Crippen LogP contribution is 2.35.